The van der Waals surface area contributed by atoms with E-state index in [0.717, 1.165) is 12.2 Å². The molecule has 0 saturated heterocycles. The summed E-state index contributed by atoms with van der Waals surface area (Å²) < 4.78 is 0. The average Bonchev–Trinajstić information content (AvgIpc) is 2.03. The molecular weight excluding hydrogens is 124 g/mol. The van der Waals surface area contributed by atoms with E-state index < -0.39 is 0 Å². The van der Waals surface area contributed by atoms with Gasteiger partial charge in [0.15, 0.2) is 0 Å². The number of benzene rings is 1. The second-order valence-corrected chi connectivity index (χ2v) is 1.89. The second-order valence-electron chi connectivity index (χ2n) is 1.89. The molecule has 0 aromatic heterocycles. The van der Waals surface area contributed by atoms with Gasteiger partial charge in [0.1, 0.15) is 0 Å². The van der Waals surface area contributed by atoms with Crippen molar-refractivity contribution >= 4 is 5.69 Å². The standard InChI is InChI=1S/C8H10N2/c1-2-9-10-8-6-4-3-5-7-8/h3-7H,2H2,1H3. The van der Waals surface area contributed by atoms with Crippen LogP contribution in [-0.2, 0) is 0 Å². The van der Waals surface area contributed by atoms with Gasteiger partial charge in [0.05, 0.1) is 12.2 Å². The molecule has 0 heterocycles. The minimum atomic E-state index is 0.745. The third-order valence-corrected chi connectivity index (χ3v) is 1.08. The lowest BCUT2D eigenvalue weighted by atomic mass is 10.3. The smallest absolute Gasteiger partial charge is 0.0852 e. The zero-order chi connectivity index (χ0) is 7.23. The minimum absolute atomic E-state index is 0.745. The third-order valence-electron chi connectivity index (χ3n) is 1.08. The Labute approximate surface area is 60.6 Å². The van der Waals surface area contributed by atoms with E-state index >= 15 is 0 Å². The maximum atomic E-state index is 3.95. The van der Waals surface area contributed by atoms with Gasteiger partial charge in [-0.1, -0.05) is 18.2 Å². The van der Waals surface area contributed by atoms with Gasteiger partial charge < -0.3 is 0 Å². The summed E-state index contributed by atoms with van der Waals surface area (Å²) in [4.78, 5) is 0. The molecular formula is C8H10N2. The van der Waals surface area contributed by atoms with Crippen LogP contribution in [0.15, 0.2) is 40.6 Å². The zero-order valence-electron chi connectivity index (χ0n) is 5.99. The summed E-state index contributed by atoms with van der Waals surface area (Å²) in [6.45, 7) is 2.71. The highest BCUT2D eigenvalue weighted by Gasteiger charge is 1.81. The van der Waals surface area contributed by atoms with Gasteiger partial charge in [-0.25, -0.2) is 0 Å². The van der Waals surface area contributed by atoms with E-state index in [1.54, 1.807) is 0 Å². The Hall–Kier alpha value is -1.18. The van der Waals surface area contributed by atoms with Crippen LogP contribution in [0.1, 0.15) is 6.92 Å². The number of rotatable bonds is 2. The first kappa shape index (κ1) is 6.93. The molecule has 2 heteroatoms. The van der Waals surface area contributed by atoms with Gasteiger partial charge in [-0.2, -0.15) is 10.2 Å². The summed E-state index contributed by atoms with van der Waals surface area (Å²) >= 11 is 0. The van der Waals surface area contributed by atoms with Crippen LogP contribution >= 0.6 is 0 Å². The molecule has 0 aliphatic carbocycles. The van der Waals surface area contributed by atoms with Crippen LogP contribution < -0.4 is 0 Å². The number of nitrogens with zero attached hydrogens (tertiary/aromatic N) is 2. The van der Waals surface area contributed by atoms with Crippen LogP contribution in [-0.4, -0.2) is 6.54 Å². The van der Waals surface area contributed by atoms with Crippen molar-refractivity contribution in [2.75, 3.05) is 6.54 Å². The quantitative estimate of drug-likeness (QED) is 0.555. The lowest BCUT2D eigenvalue weighted by Gasteiger charge is -1.86. The first-order chi connectivity index (χ1) is 4.93. The minimum Gasteiger partial charge on any atom is -0.189 e. The molecule has 0 saturated carbocycles. The fourth-order valence-corrected chi connectivity index (χ4v) is 0.647. The van der Waals surface area contributed by atoms with E-state index in [-0.39, 0.29) is 0 Å². The highest BCUT2D eigenvalue weighted by molar-refractivity contribution is 5.34. The predicted octanol–water partition coefficient (Wildman–Crippen LogP) is 2.79. The van der Waals surface area contributed by atoms with Crippen molar-refractivity contribution in [3.63, 3.8) is 0 Å². The Balaban J connectivity index is 2.67. The zero-order valence-corrected chi connectivity index (χ0v) is 5.99. The molecule has 1 aromatic carbocycles. The van der Waals surface area contributed by atoms with E-state index in [4.69, 9.17) is 0 Å². The summed E-state index contributed by atoms with van der Waals surface area (Å²) in [5, 5.41) is 7.82. The molecule has 52 valence electrons. The van der Waals surface area contributed by atoms with E-state index in [0.29, 0.717) is 0 Å². The highest BCUT2D eigenvalue weighted by atomic mass is 15.1. The van der Waals surface area contributed by atoms with Crippen LogP contribution in [0.2, 0.25) is 0 Å². The van der Waals surface area contributed by atoms with Gasteiger partial charge in [0.25, 0.3) is 0 Å². The van der Waals surface area contributed by atoms with Crippen molar-refractivity contribution in [1.29, 1.82) is 0 Å². The van der Waals surface area contributed by atoms with Crippen LogP contribution in [0.25, 0.3) is 0 Å². The van der Waals surface area contributed by atoms with Gasteiger partial charge in [0.2, 0.25) is 0 Å². The summed E-state index contributed by atoms with van der Waals surface area (Å²) in [5.74, 6) is 0. The predicted molar refractivity (Wildman–Crippen MR) is 41.5 cm³/mol. The average molecular weight is 134 g/mol. The molecule has 1 rings (SSSR count). The molecule has 1 aromatic rings. The van der Waals surface area contributed by atoms with Crippen molar-refractivity contribution < 1.29 is 0 Å². The Bertz CT molecular complexity index is 204. The van der Waals surface area contributed by atoms with Crippen molar-refractivity contribution in [3.05, 3.63) is 30.3 Å². The fraction of sp³-hybridized carbons (Fsp3) is 0.250. The van der Waals surface area contributed by atoms with Crippen molar-refractivity contribution in [2.24, 2.45) is 10.2 Å². The van der Waals surface area contributed by atoms with Gasteiger partial charge in [0, 0.05) is 0 Å². The Morgan fingerprint density at radius 1 is 1.20 bits per heavy atom. The molecule has 0 aliphatic heterocycles. The number of hydrogen-bond acceptors (Lipinski definition) is 2. The summed E-state index contributed by atoms with van der Waals surface area (Å²) in [6.07, 6.45) is 0. The molecule has 0 N–H and O–H groups in total. The Morgan fingerprint density at radius 3 is 2.50 bits per heavy atom. The van der Waals surface area contributed by atoms with Crippen molar-refractivity contribution in [1.82, 2.24) is 0 Å². The topological polar surface area (TPSA) is 24.7 Å². The lowest BCUT2D eigenvalue weighted by Crippen LogP contribution is -1.63. The maximum absolute atomic E-state index is 3.95. The highest BCUT2D eigenvalue weighted by Crippen LogP contribution is 2.09. The lowest BCUT2D eigenvalue weighted by molar-refractivity contribution is 1.01. The molecule has 2 nitrogen and oxygen atoms in total. The van der Waals surface area contributed by atoms with Crippen LogP contribution in [0.5, 0.6) is 0 Å². The summed E-state index contributed by atoms with van der Waals surface area (Å²) in [5.41, 5.74) is 0.921. The molecule has 0 radical (unpaired) electrons. The second kappa shape index (κ2) is 3.77. The largest absolute Gasteiger partial charge is 0.189 e. The maximum Gasteiger partial charge on any atom is 0.0852 e. The van der Waals surface area contributed by atoms with E-state index in [1.807, 2.05) is 37.3 Å². The first-order valence-corrected chi connectivity index (χ1v) is 3.36. The van der Waals surface area contributed by atoms with Crippen LogP contribution in [0, 0.1) is 0 Å². The first-order valence-electron chi connectivity index (χ1n) is 3.36. The third kappa shape index (κ3) is 1.97. The fourth-order valence-electron chi connectivity index (χ4n) is 0.647. The van der Waals surface area contributed by atoms with Crippen LogP contribution in [0.3, 0.4) is 0 Å². The van der Waals surface area contributed by atoms with Crippen molar-refractivity contribution in [2.45, 2.75) is 6.92 Å². The molecule has 0 atom stereocenters. The van der Waals surface area contributed by atoms with Gasteiger partial charge in [-0.15, -0.1) is 0 Å². The van der Waals surface area contributed by atoms with Crippen LogP contribution in [0.4, 0.5) is 5.69 Å². The molecule has 0 spiro atoms. The molecule has 0 bridgehead atoms. The van der Waals surface area contributed by atoms with E-state index in [1.165, 1.54) is 0 Å². The van der Waals surface area contributed by atoms with Gasteiger partial charge >= 0.3 is 0 Å². The van der Waals surface area contributed by atoms with Gasteiger partial charge in [-0.3, -0.25) is 0 Å². The molecule has 0 amide bonds. The summed E-state index contributed by atoms with van der Waals surface area (Å²) in [6, 6.07) is 9.72. The normalized spacial score (nSPS) is 10.5. The van der Waals surface area contributed by atoms with Gasteiger partial charge in [-0.05, 0) is 19.1 Å². The molecule has 10 heavy (non-hydrogen) atoms. The molecule has 0 aliphatic rings. The van der Waals surface area contributed by atoms with E-state index in [9.17, 15) is 0 Å². The van der Waals surface area contributed by atoms with E-state index in [2.05, 4.69) is 10.2 Å². The summed E-state index contributed by atoms with van der Waals surface area (Å²) in [7, 11) is 0. The number of azo groups is 1. The number of hydrogen-bond donors (Lipinski definition) is 0. The monoisotopic (exact) mass is 134 g/mol. The Morgan fingerprint density at radius 2 is 1.90 bits per heavy atom. The Kier molecular flexibility index (Phi) is 2.62. The molecule has 0 unspecified atom stereocenters. The van der Waals surface area contributed by atoms with Crippen molar-refractivity contribution in [3.8, 4) is 0 Å². The SMILES string of the molecule is CCN=Nc1ccccc1. The molecule has 0 fully saturated rings.